The lowest BCUT2D eigenvalue weighted by atomic mass is 10.2. The van der Waals surface area contributed by atoms with E-state index in [-0.39, 0.29) is 30.5 Å². The molecule has 11 heteroatoms. The molecule has 172 valence electrons. The third-order valence-electron chi connectivity index (χ3n) is 5.12. The fraction of sp³-hybridized carbons (Fsp3) is 0.130. The first-order valence-electron chi connectivity index (χ1n) is 10.4. The lowest BCUT2D eigenvalue weighted by Crippen LogP contribution is -2.25. The molecule has 0 radical (unpaired) electrons. The molecule has 4 aromatic rings. The molecule has 0 saturated heterocycles. The van der Waals surface area contributed by atoms with Gasteiger partial charge in [0.2, 0.25) is 0 Å². The van der Waals surface area contributed by atoms with Crippen LogP contribution in [0.3, 0.4) is 0 Å². The van der Waals surface area contributed by atoms with E-state index in [0.29, 0.717) is 22.6 Å². The molecule has 1 aliphatic heterocycles. The minimum atomic E-state index is -0.746. The quantitative estimate of drug-likeness (QED) is 0.383. The minimum Gasteiger partial charge on any atom is -0.370 e. The van der Waals surface area contributed by atoms with Gasteiger partial charge in [0, 0.05) is 24.4 Å². The summed E-state index contributed by atoms with van der Waals surface area (Å²) in [5.74, 6) is -0.803. The molecule has 3 aromatic heterocycles. The highest BCUT2D eigenvalue weighted by Crippen LogP contribution is 2.26. The number of nitrogens with one attached hydrogen (secondary N) is 2. The average molecular weight is 463 g/mol. The van der Waals surface area contributed by atoms with Crippen molar-refractivity contribution in [2.45, 2.75) is 12.8 Å². The second kappa shape index (κ2) is 9.24. The van der Waals surface area contributed by atoms with E-state index in [4.69, 9.17) is 4.52 Å². The Morgan fingerprint density at radius 1 is 1.15 bits per heavy atom. The SMILES string of the molecule is OC1C=CC(CNc2nc(-c3cc(-c4ccon4)n(Cc4ccccc4F)n3)ncc2F)=CN1. The first-order valence-corrected chi connectivity index (χ1v) is 10.4. The molecule has 0 aliphatic carbocycles. The Hall–Kier alpha value is -4.38. The number of anilines is 1. The van der Waals surface area contributed by atoms with Gasteiger partial charge in [0.15, 0.2) is 17.5 Å². The maximum absolute atomic E-state index is 14.4. The molecule has 3 N–H and O–H groups in total. The van der Waals surface area contributed by atoms with Gasteiger partial charge >= 0.3 is 0 Å². The van der Waals surface area contributed by atoms with Crippen LogP contribution >= 0.6 is 0 Å². The van der Waals surface area contributed by atoms with Gasteiger partial charge in [0.1, 0.15) is 29.7 Å². The van der Waals surface area contributed by atoms with Crippen LogP contribution in [0.2, 0.25) is 0 Å². The molecule has 1 aliphatic rings. The maximum atomic E-state index is 14.4. The van der Waals surface area contributed by atoms with Crippen molar-refractivity contribution in [3.05, 3.63) is 90.0 Å². The fourth-order valence-electron chi connectivity index (χ4n) is 3.41. The average Bonchev–Trinajstić information content (AvgIpc) is 3.51. The van der Waals surface area contributed by atoms with Gasteiger partial charge in [-0.2, -0.15) is 5.10 Å². The van der Waals surface area contributed by atoms with Crippen molar-refractivity contribution in [1.29, 1.82) is 0 Å². The standard InChI is InChI=1S/C23H19F2N7O2/c24-16-4-2-1-3-15(16)13-32-20(18-7-8-34-31-18)9-19(30-32)23-28-12-17(25)22(29-23)27-11-14-5-6-21(33)26-10-14/h1-10,12,21,26,33H,11,13H2,(H,27,28,29). The van der Waals surface area contributed by atoms with Crippen LogP contribution in [0.15, 0.2) is 77.3 Å². The van der Waals surface area contributed by atoms with E-state index in [2.05, 4.69) is 30.9 Å². The molecule has 1 aromatic carbocycles. The van der Waals surface area contributed by atoms with E-state index in [1.54, 1.807) is 53.4 Å². The molecule has 0 spiro atoms. The second-order valence-corrected chi connectivity index (χ2v) is 7.48. The molecule has 9 nitrogen and oxygen atoms in total. The van der Waals surface area contributed by atoms with E-state index in [9.17, 15) is 13.9 Å². The van der Waals surface area contributed by atoms with Gasteiger partial charge in [0.25, 0.3) is 0 Å². The summed E-state index contributed by atoms with van der Waals surface area (Å²) >= 11 is 0. The molecule has 4 heterocycles. The Balaban J connectivity index is 1.45. The normalized spacial score (nSPS) is 15.1. The van der Waals surface area contributed by atoms with E-state index < -0.39 is 12.0 Å². The van der Waals surface area contributed by atoms with Gasteiger partial charge in [-0.15, -0.1) is 0 Å². The van der Waals surface area contributed by atoms with Crippen molar-refractivity contribution < 1.29 is 18.4 Å². The van der Waals surface area contributed by atoms with Crippen LogP contribution in [-0.4, -0.2) is 42.8 Å². The zero-order valence-electron chi connectivity index (χ0n) is 17.7. The van der Waals surface area contributed by atoms with E-state index in [1.807, 2.05) is 0 Å². The summed E-state index contributed by atoms with van der Waals surface area (Å²) in [6.45, 7) is 0.413. The zero-order chi connectivity index (χ0) is 23.5. The number of hydrogen-bond donors (Lipinski definition) is 3. The molecule has 1 unspecified atom stereocenters. The third kappa shape index (κ3) is 4.55. The summed E-state index contributed by atoms with van der Waals surface area (Å²) in [6, 6.07) is 9.75. The number of aliphatic hydroxyl groups excluding tert-OH is 1. The molecule has 0 bridgehead atoms. The highest BCUT2D eigenvalue weighted by atomic mass is 19.1. The summed E-state index contributed by atoms with van der Waals surface area (Å²) in [7, 11) is 0. The highest BCUT2D eigenvalue weighted by molar-refractivity contribution is 5.63. The van der Waals surface area contributed by atoms with Crippen molar-refractivity contribution in [3.8, 4) is 22.9 Å². The molecule has 34 heavy (non-hydrogen) atoms. The predicted molar refractivity (Wildman–Crippen MR) is 119 cm³/mol. The summed E-state index contributed by atoms with van der Waals surface area (Å²) < 4.78 is 35.2. The zero-order valence-corrected chi connectivity index (χ0v) is 17.7. The third-order valence-corrected chi connectivity index (χ3v) is 5.12. The molecule has 1 atom stereocenters. The largest absolute Gasteiger partial charge is 0.370 e. The van der Waals surface area contributed by atoms with Crippen molar-refractivity contribution >= 4 is 5.82 Å². The number of aromatic nitrogens is 5. The van der Waals surface area contributed by atoms with Crippen molar-refractivity contribution in [2.75, 3.05) is 11.9 Å². The molecular formula is C23H19F2N7O2. The minimum absolute atomic E-state index is 0.00272. The predicted octanol–water partition coefficient (Wildman–Crippen LogP) is 3.10. The van der Waals surface area contributed by atoms with Crippen LogP contribution in [0.1, 0.15) is 5.56 Å². The number of benzene rings is 1. The molecular weight excluding hydrogens is 444 g/mol. The van der Waals surface area contributed by atoms with Crippen molar-refractivity contribution in [2.24, 2.45) is 0 Å². The summed E-state index contributed by atoms with van der Waals surface area (Å²) in [6.07, 6.45) is 6.67. The smallest absolute Gasteiger partial charge is 0.183 e. The fourth-order valence-corrected chi connectivity index (χ4v) is 3.41. The topological polar surface area (TPSA) is 114 Å². The number of halogens is 2. The van der Waals surface area contributed by atoms with Crippen LogP contribution in [0.5, 0.6) is 0 Å². The Morgan fingerprint density at radius 3 is 2.79 bits per heavy atom. The lowest BCUT2D eigenvalue weighted by Gasteiger charge is -2.14. The molecule has 5 rings (SSSR count). The van der Waals surface area contributed by atoms with Gasteiger partial charge in [-0.1, -0.05) is 29.4 Å². The maximum Gasteiger partial charge on any atom is 0.183 e. The summed E-state index contributed by atoms with van der Waals surface area (Å²) in [5, 5.41) is 23.6. The van der Waals surface area contributed by atoms with Gasteiger partial charge in [-0.25, -0.2) is 18.7 Å². The van der Waals surface area contributed by atoms with Gasteiger partial charge in [-0.05, 0) is 23.8 Å². The van der Waals surface area contributed by atoms with E-state index >= 15 is 0 Å². The van der Waals surface area contributed by atoms with Crippen LogP contribution in [0.4, 0.5) is 14.6 Å². The number of dihydropyridines is 1. The van der Waals surface area contributed by atoms with Gasteiger partial charge in [0.05, 0.1) is 18.4 Å². The van der Waals surface area contributed by atoms with Crippen LogP contribution in [0, 0.1) is 11.6 Å². The Kier molecular flexibility index (Phi) is 5.83. The van der Waals surface area contributed by atoms with Crippen LogP contribution < -0.4 is 10.6 Å². The molecule has 0 saturated carbocycles. The highest BCUT2D eigenvalue weighted by Gasteiger charge is 2.18. The van der Waals surface area contributed by atoms with Gasteiger partial charge in [-0.3, -0.25) is 4.68 Å². The Labute approximate surface area is 192 Å². The molecule has 0 fully saturated rings. The second-order valence-electron chi connectivity index (χ2n) is 7.48. The summed E-state index contributed by atoms with van der Waals surface area (Å²) in [5.41, 5.74) is 2.67. The first-order chi connectivity index (χ1) is 16.6. The van der Waals surface area contributed by atoms with Gasteiger partial charge < -0.3 is 20.3 Å². The number of hydrogen-bond acceptors (Lipinski definition) is 8. The first kappa shape index (κ1) is 21.5. The number of nitrogens with zero attached hydrogens (tertiary/aromatic N) is 5. The Morgan fingerprint density at radius 2 is 2.03 bits per heavy atom. The molecule has 0 amide bonds. The van der Waals surface area contributed by atoms with Crippen molar-refractivity contribution in [3.63, 3.8) is 0 Å². The summed E-state index contributed by atoms with van der Waals surface area (Å²) in [4.78, 5) is 8.37. The lowest BCUT2D eigenvalue weighted by molar-refractivity contribution is 0.200. The van der Waals surface area contributed by atoms with Crippen molar-refractivity contribution in [1.82, 2.24) is 30.2 Å². The van der Waals surface area contributed by atoms with Crippen LogP contribution in [-0.2, 0) is 6.54 Å². The van der Waals surface area contributed by atoms with E-state index in [0.717, 1.165) is 11.8 Å². The monoisotopic (exact) mass is 463 g/mol. The van der Waals surface area contributed by atoms with E-state index in [1.165, 1.54) is 12.3 Å². The number of rotatable bonds is 7. The number of aliphatic hydroxyl groups is 1. The Bertz CT molecular complexity index is 1370. The van der Waals surface area contributed by atoms with Crippen LogP contribution in [0.25, 0.3) is 22.9 Å².